The van der Waals surface area contributed by atoms with Gasteiger partial charge in [-0.15, -0.1) is 0 Å². The number of hydrogen-bond acceptors (Lipinski definition) is 1. The van der Waals surface area contributed by atoms with Crippen molar-refractivity contribution in [1.82, 2.24) is 0 Å². The molecule has 1 atom stereocenters. The van der Waals surface area contributed by atoms with Crippen LogP contribution in [0, 0.1) is 0 Å². The molecule has 1 aromatic rings. The highest BCUT2D eigenvalue weighted by Crippen LogP contribution is 2.20. The van der Waals surface area contributed by atoms with E-state index in [1.54, 1.807) is 0 Å². The lowest BCUT2D eigenvalue weighted by Crippen LogP contribution is -2.15. The molecule has 0 saturated carbocycles. The molecular weight excluding hydrogens is 170 g/mol. The van der Waals surface area contributed by atoms with Crippen molar-refractivity contribution in [3.8, 4) is 0 Å². The second-order valence-electron chi connectivity index (χ2n) is 4.37. The average Bonchev–Trinajstić information content (AvgIpc) is 2.15. The Morgan fingerprint density at radius 2 is 1.79 bits per heavy atom. The first-order chi connectivity index (χ1) is 6.61. The molecule has 1 heteroatoms. The van der Waals surface area contributed by atoms with E-state index < -0.39 is 0 Å². The number of nitrogens with two attached hydrogens (primary N) is 1. The summed E-state index contributed by atoms with van der Waals surface area (Å²) in [6.45, 7) is 6.55. The van der Waals surface area contributed by atoms with Crippen molar-refractivity contribution >= 4 is 0 Å². The summed E-state index contributed by atoms with van der Waals surface area (Å²) in [5.74, 6) is 0.610. The summed E-state index contributed by atoms with van der Waals surface area (Å²) in [6, 6.07) is 8.97. The van der Waals surface area contributed by atoms with Crippen molar-refractivity contribution in [3.63, 3.8) is 0 Å². The van der Waals surface area contributed by atoms with Gasteiger partial charge in [-0.3, -0.25) is 0 Å². The van der Waals surface area contributed by atoms with Crippen LogP contribution in [0.15, 0.2) is 24.3 Å². The minimum absolute atomic E-state index is 0.301. The summed E-state index contributed by atoms with van der Waals surface area (Å²) in [6.07, 6.45) is 2.18. The zero-order valence-corrected chi connectivity index (χ0v) is 9.46. The van der Waals surface area contributed by atoms with Crippen LogP contribution in [0.1, 0.15) is 44.2 Å². The van der Waals surface area contributed by atoms with E-state index in [-0.39, 0.29) is 0 Å². The molecule has 0 aliphatic rings. The lowest BCUT2D eigenvalue weighted by atomic mass is 9.94. The van der Waals surface area contributed by atoms with Gasteiger partial charge in [-0.25, -0.2) is 0 Å². The lowest BCUT2D eigenvalue weighted by Gasteiger charge is -2.13. The largest absolute Gasteiger partial charge is 0.328 e. The van der Waals surface area contributed by atoms with Crippen molar-refractivity contribution in [2.24, 2.45) is 5.73 Å². The van der Waals surface area contributed by atoms with Gasteiger partial charge in [0.25, 0.3) is 0 Å². The van der Waals surface area contributed by atoms with E-state index in [0.717, 1.165) is 12.8 Å². The summed E-state index contributed by atoms with van der Waals surface area (Å²) in [4.78, 5) is 0. The van der Waals surface area contributed by atoms with Gasteiger partial charge in [-0.1, -0.05) is 38.1 Å². The fraction of sp³-hybridized carbons (Fsp3) is 0.538. The zero-order chi connectivity index (χ0) is 10.6. The Morgan fingerprint density at radius 3 is 2.36 bits per heavy atom. The van der Waals surface area contributed by atoms with E-state index >= 15 is 0 Å². The van der Waals surface area contributed by atoms with Crippen LogP contribution in [0.4, 0.5) is 0 Å². The maximum absolute atomic E-state index is 5.77. The van der Waals surface area contributed by atoms with Gasteiger partial charge >= 0.3 is 0 Å². The molecule has 0 saturated heterocycles. The Kier molecular flexibility index (Phi) is 4.15. The molecule has 1 aromatic carbocycles. The van der Waals surface area contributed by atoms with Gasteiger partial charge in [-0.2, -0.15) is 0 Å². The van der Waals surface area contributed by atoms with Crippen molar-refractivity contribution in [3.05, 3.63) is 35.4 Å². The SMILES string of the molecule is CC(N)CCc1ccccc1C(C)C. The van der Waals surface area contributed by atoms with Gasteiger partial charge in [0.05, 0.1) is 0 Å². The Balaban J connectivity index is 2.74. The zero-order valence-electron chi connectivity index (χ0n) is 9.46. The fourth-order valence-corrected chi connectivity index (χ4v) is 1.71. The highest BCUT2D eigenvalue weighted by atomic mass is 14.6. The van der Waals surface area contributed by atoms with Crippen LogP contribution in [0.3, 0.4) is 0 Å². The molecule has 1 unspecified atom stereocenters. The molecule has 2 N–H and O–H groups in total. The highest BCUT2D eigenvalue weighted by Gasteiger charge is 2.05. The topological polar surface area (TPSA) is 26.0 Å². The van der Waals surface area contributed by atoms with Gasteiger partial charge in [0.2, 0.25) is 0 Å². The Bertz CT molecular complexity index is 276. The van der Waals surface area contributed by atoms with Crippen molar-refractivity contribution in [2.45, 2.75) is 45.6 Å². The maximum atomic E-state index is 5.77. The Labute approximate surface area is 87.3 Å². The molecule has 0 fully saturated rings. The molecule has 0 radical (unpaired) electrons. The summed E-state index contributed by atoms with van der Waals surface area (Å²) < 4.78 is 0. The fourth-order valence-electron chi connectivity index (χ4n) is 1.71. The third kappa shape index (κ3) is 3.15. The van der Waals surface area contributed by atoms with Crippen LogP contribution in [0.2, 0.25) is 0 Å². The molecule has 1 nitrogen and oxygen atoms in total. The normalized spacial score (nSPS) is 13.2. The predicted octanol–water partition coefficient (Wildman–Crippen LogP) is 3.09. The van der Waals surface area contributed by atoms with Crippen molar-refractivity contribution < 1.29 is 0 Å². The highest BCUT2D eigenvalue weighted by molar-refractivity contribution is 5.29. The first-order valence-corrected chi connectivity index (χ1v) is 5.44. The van der Waals surface area contributed by atoms with Gasteiger partial charge in [0.15, 0.2) is 0 Å². The monoisotopic (exact) mass is 191 g/mol. The number of aryl methyl sites for hydroxylation is 1. The summed E-state index contributed by atoms with van der Waals surface area (Å²) in [7, 11) is 0. The average molecular weight is 191 g/mol. The van der Waals surface area contributed by atoms with Crippen LogP contribution in [-0.4, -0.2) is 6.04 Å². The molecule has 0 aliphatic heterocycles. The van der Waals surface area contributed by atoms with E-state index in [9.17, 15) is 0 Å². The first-order valence-electron chi connectivity index (χ1n) is 5.44. The van der Waals surface area contributed by atoms with E-state index in [4.69, 9.17) is 5.73 Å². The minimum atomic E-state index is 0.301. The van der Waals surface area contributed by atoms with Gasteiger partial charge in [0, 0.05) is 6.04 Å². The number of hydrogen-bond donors (Lipinski definition) is 1. The molecule has 0 spiro atoms. The second-order valence-corrected chi connectivity index (χ2v) is 4.37. The van der Waals surface area contributed by atoms with Crippen LogP contribution in [0.25, 0.3) is 0 Å². The summed E-state index contributed by atoms with van der Waals surface area (Å²) in [5.41, 5.74) is 8.69. The standard InChI is InChI=1S/C13H21N/c1-10(2)13-7-5-4-6-12(13)9-8-11(3)14/h4-7,10-11H,8-9,14H2,1-3H3. The summed E-state index contributed by atoms with van der Waals surface area (Å²) in [5, 5.41) is 0. The van der Waals surface area contributed by atoms with Gasteiger partial charge in [-0.05, 0) is 36.8 Å². The molecule has 78 valence electrons. The maximum Gasteiger partial charge on any atom is 0.00136 e. The van der Waals surface area contributed by atoms with E-state index in [1.807, 2.05) is 0 Å². The molecule has 0 aromatic heterocycles. The smallest absolute Gasteiger partial charge is 0.00136 e. The van der Waals surface area contributed by atoms with Crippen LogP contribution < -0.4 is 5.73 Å². The lowest BCUT2D eigenvalue weighted by molar-refractivity contribution is 0.660. The van der Waals surface area contributed by atoms with Crippen molar-refractivity contribution in [1.29, 1.82) is 0 Å². The molecule has 1 rings (SSSR count). The second kappa shape index (κ2) is 5.16. The quantitative estimate of drug-likeness (QED) is 0.777. The van der Waals surface area contributed by atoms with Crippen LogP contribution in [0.5, 0.6) is 0 Å². The van der Waals surface area contributed by atoms with E-state index in [2.05, 4.69) is 45.0 Å². The Morgan fingerprint density at radius 1 is 1.14 bits per heavy atom. The molecule has 14 heavy (non-hydrogen) atoms. The number of benzene rings is 1. The van der Waals surface area contributed by atoms with E-state index in [0.29, 0.717) is 12.0 Å². The van der Waals surface area contributed by atoms with Crippen LogP contribution in [-0.2, 0) is 6.42 Å². The van der Waals surface area contributed by atoms with Crippen molar-refractivity contribution in [2.75, 3.05) is 0 Å². The Hall–Kier alpha value is -0.820. The first kappa shape index (κ1) is 11.3. The van der Waals surface area contributed by atoms with E-state index in [1.165, 1.54) is 11.1 Å². The van der Waals surface area contributed by atoms with Gasteiger partial charge in [0.1, 0.15) is 0 Å². The predicted molar refractivity (Wildman–Crippen MR) is 62.5 cm³/mol. The summed E-state index contributed by atoms with van der Waals surface area (Å²) >= 11 is 0. The molecular formula is C13H21N. The third-order valence-corrected chi connectivity index (χ3v) is 2.55. The third-order valence-electron chi connectivity index (χ3n) is 2.55. The number of rotatable bonds is 4. The minimum Gasteiger partial charge on any atom is -0.328 e. The van der Waals surface area contributed by atoms with Crippen LogP contribution >= 0.6 is 0 Å². The molecule has 0 amide bonds. The molecule has 0 heterocycles. The molecule has 0 aliphatic carbocycles. The van der Waals surface area contributed by atoms with Gasteiger partial charge < -0.3 is 5.73 Å². The molecule has 0 bridgehead atoms.